The first-order valence-electron chi connectivity index (χ1n) is 4.15. The van der Waals surface area contributed by atoms with Gasteiger partial charge in [-0.3, -0.25) is 4.18 Å². The number of sulfone groups is 1. The van der Waals surface area contributed by atoms with E-state index in [0.717, 1.165) is 6.26 Å². The van der Waals surface area contributed by atoms with Gasteiger partial charge in [-0.1, -0.05) is 12.1 Å². The summed E-state index contributed by atoms with van der Waals surface area (Å²) >= 11 is 0. The highest BCUT2D eigenvalue weighted by Gasteiger charge is 2.08. The zero-order valence-corrected chi connectivity index (χ0v) is 10.1. The molecule has 16 heavy (non-hydrogen) atoms. The van der Waals surface area contributed by atoms with Crippen molar-refractivity contribution in [3.63, 3.8) is 0 Å². The summed E-state index contributed by atoms with van der Waals surface area (Å²) in [5.41, 5.74) is 0.414. The SMILES string of the molecule is CS(=O)(=O)c1cccc(COS(N)(=O)=O)c1. The first-order chi connectivity index (χ1) is 7.18. The Morgan fingerprint density at radius 3 is 2.38 bits per heavy atom. The Hall–Kier alpha value is -0.960. The van der Waals surface area contributed by atoms with Crippen LogP contribution in [0, 0.1) is 0 Å². The van der Waals surface area contributed by atoms with Crippen LogP contribution in [0.2, 0.25) is 0 Å². The van der Waals surface area contributed by atoms with Crippen molar-refractivity contribution >= 4 is 20.1 Å². The van der Waals surface area contributed by atoms with Gasteiger partial charge in [-0.2, -0.15) is 8.42 Å². The quantitative estimate of drug-likeness (QED) is 0.812. The largest absolute Gasteiger partial charge is 0.333 e. The Balaban J connectivity index is 2.92. The van der Waals surface area contributed by atoms with Gasteiger partial charge in [0.25, 0.3) is 0 Å². The Morgan fingerprint density at radius 1 is 1.25 bits per heavy atom. The predicted octanol–water partition coefficient (Wildman–Crippen LogP) is -0.190. The summed E-state index contributed by atoms with van der Waals surface area (Å²) in [6, 6.07) is 5.79. The second-order valence-corrected chi connectivity index (χ2v) is 6.41. The number of hydrogen-bond donors (Lipinski definition) is 1. The highest BCUT2D eigenvalue weighted by molar-refractivity contribution is 7.90. The molecule has 1 rings (SSSR count). The van der Waals surface area contributed by atoms with Gasteiger partial charge >= 0.3 is 10.3 Å². The van der Waals surface area contributed by atoms with E-state index < -0.39 is 20.1 Å². The zero-order chi connectivity index (χ0) is 12.4. The van der Waals surface area contributed by atoms with Crippen LogP contribution in [-0.4, -0.2) is 23.1 Å². The van der Waals surface area contributed by atoms with E-state index in [9.17, 15) is 16.8 Å². The molecule has 0 amide bonds. The van der Waals surface area contributed by atoms with Gasteiger partial charge in [-0.25, -0.2) is 13.6 Å². The van der Waals surface area contributed by atoms with Crippen molar-refractivity contribution in [1.82, 2.24) is 0 Å². The molecule has 0 atom stereocenters. The van der Waals surface area contributed by atoms with Crippen molar-refractivity contribution in [2.24, 2.45) is 5.14 Å². The van der Waals surface area contributed by atoms with Gasteiger partial charge in [0.1, 0.15) is 0 Å². The second kappa shape index (κ2) is 4.50. The van der Waals surface area contributed by atoms with Crippen LogP contribution in [0.4, 0.5) is 0 Å². The van der Waals surface area contributed by atoms with Crippen LogP contribution < -0.4 is 5.14 Å². The molecule has 0 bridgehead atoms. The van der Waals surface area contributed by atoms with Gasteiger partial charge in [0, 0.05) is 6.26 Å². The van der Waals surface area contributed by atoms with Gasteiger partial charge in [-0.05, 0) is 17.7 Å². The van der Waals surface area contributed by atoms with Crippen LogP contribution in [-0.2, 0) is 30.9 Å². The highest BCUT2D eigenvalue weighted by atomic mass is 32.2. The first kappa shape index (κ1) is 13.1. The summed E-state index contributed by atoms with van der Waals surface area (Å²) in [6.07, 6.45) is 1.06. The Morgan fingerprint density at radius 2 is 1.88 bits per heavy atom. The van der Waals surface area contributed by atoms with Crippen LogP contribution in [0.1, 0.15) is 5.56 Å². The van der Waals surface area contributed by atoms with Crippen molar-refractivity contribution in [3.05, 3.63) is 29.8 Å². The first-order valence-corrected chi connectivity index (χ1v) is 7.51. The third kappa shape index (κ3) is 4.27. The van der Waals surface area contributed by atoms with Gasteiger partial charge in [0.05, 0.1) is 11.5 Å². The molecule has 8 heteroatoms. The highest BCUT2D eigenvalue weighted by Crippen LogP contribution is 2.12. The van der Waals surface area contributed by atoms with Crippen LogP contribution in [0.25, 0.3) is 0 Å². The van der Waals surface area contributed by atoms with Gasteiger partial charge in [0.2, 0.25) is 0 Å². The average Bonchev–Trinajstić information content (AvgIpc) is 2.13. The van der Waals surface area contributed by atoms with Crippen LogP contribution in [0.15, 0.2) is 29.2 Å². The van der Waals surface area contributed by atoms with E-state index in [0.29, 0.717) is 5.56 Å². The van der Waals surface area contributed by atoms with Crippen molar-refractivity contribution in [2.75, 3.05) is 6.26 Å². The van der Waals surface area contributed by atoms with Crippen molar-refractivity contribution in [1.29, 1.82) is 0 Å². The van der Waals surface area contributed by atoms with E-state index >= 15 is 0 Å². The monoisotopic (exact) mass is 265 g/mol. The number of nitrogens with two attached hydrogens (primary N) is 1. The lowest BCUT2D eigenvalue weighted by Gasteiger charge is -2.03. The number of rotatable bonds is 4. The van der Waals surface area contributed by atoms with Gasteiger partial charge in [0.15, 0.2) is 9.84 Å². The molecule has 0 radical (unpaired) electrons. The summed E-state index contributed by atoms with van der Waals surface area (Å²) < 4.78 is 47.8. The summed E-state index contributed by atoms with van der Waals surface area (Å²) in [5, 5.41) is 4.64. The number of benzene rings is 1. The van der Waals surface area contributed by atoms with E-state index in [4.69, 9.17) is 0 Å². The lowest BCUT2D eigenvalue weighted by atomic mass is 10.2. The molecule has 0 fully saturated rings. The molecule has 0 aliphatic rings. The minimum absolute atomic E-state index is 0.100. The molecule has 0 unspecified atom stereocenters. The van der Waals surface area contributed by atoms with E-state index in [-0.39, 0.29) is 11.5 Å². The molecule has 0 aromatic heterocycles. The summed E-state index contributed by atoms with van der Waals surface area (Å²) in [5.74, 6) is 0. The van der Waals surface area contributed by atoms with E-state index in [1.165, 1.54) is 18.2 Å². The summed E-state index contributed by atoms with van der Waals surface area (Å²) in [4.78, 5) is 0.100. The Kier molecular flexibility index (Phi) is 3.68. The zero-order valence-electron chi connectivity index (χ0n) is 8.45. The standard InChI is InChI=1S/C8H11NO5S2/c1-15(10,11)8-4-2-3-7(5-8)6-14-16(9,12)13/h2-5H,6H2,1H3,(H2,9,12,13). The molecule has 1 aromatic rings. The predicted molar refractivity (Wildman–Crippen MR) is 57.4 cm³/mol. The maximum Gasteiger partial charge on any atom is 0.333 e. The molecule has 6 nitrogen and oxygen atoms in total. The lowest BCUT2D eigenvalue weighted by Crippen LogP contribution is -2.15. The molecule has 0 aliphatic carbocycles. The van der Waals surface area contributed by atoms with Crippen molar-refractivity contribution in [3.8, 4) is 0 Å². The fourth-order valence-electron chi connectivity index (χ4n) is 1.02. The molecule has 2 N–H and O–H groups in total. The molecule has 1 aromatic carbocycles. The van der Waals surface area contributed by atoms with E-state index in [1.54, 1.807) is 6.07 Å². The molecular formula is C8H11NO5S2. The maximum absolute atomic E-state index is 11.2. The third-order valence-corrected chi connectivity index (χ3v) is 3.27. The van der Waals surface area contributed by atoms with Crippen LogP contribution >= 0.6 is 0 Å². The molecule has 0 saturated heterocycles. The maximum atomic E-state index is 11.2. The topological polar surface area (TPSA) is 104 Å². The minimum Gasteiger partial charge on any atom is -0.253 e. The van der Waals surface area contributed by atoms with Crippen LogP contribution in [0.5, 0.6) is 0 Å². The van der Waals surface area contributed by atoms with E-state index in [1.807, 2.05) is 0 Å². The fourth-order valence-corrected chi connectivity index (χ4v) is 2.01. The van der Waals surface area contributed by atoms with Crippen LogP contribution in [0.3, 0.4) is 0 Å². The summed E-state index contributed by atoms with van der Waals surface area (Å²) in [6.45, 7) is -0.289. The molecule has 0 aliphatic heterocycles. The van der Waals surface area contributed by atoms with Crippen molar-refractivity contribution < 1.29 is 21.0 Å². The smallest absolute Gasteiger partial charge is 0.253 e. The molecule has 0 saturated carbocycles. The van der Waals surface area contributed by atoms with Crippen molar-refractivity contribution in [2.45, 2.75) is 11.5 Å². The molecule has 0 heterocycles. The molecular weight excluding hydrogens is 254 g/mol. The summed E-state index contributed by atoms with van der Waals surface area (Å²) in [7, 11) is -7.34. The number of hydrogen-bond acceptors (Lipinski definition) is 5. The lowest BCUT2D eigenvalue weighted by molar-refractivity contribution is 0.308. The van der Waals surface area contributed by atoms with E-state index in [2.05, 4.69) is 9.32 Å². The average molecular weight is 265 g/mol. The van der Waals surface area contributed by atoms with Gasteiger partial charge < -0.3 is 0 Å². The Labute approximate surface area is 94.2 Å². The third-order valence-electron chi connectivity index (χ3n) is 1.72. The second-order valence-electron chi connectivity index (χ2n) is 3.17. The molecule has 90 valence electrons. The molecule has 0 spiro atoms. The normalized spacial score (nSPS) is 12.6. The Bertz CT molecular complexity index is 576. The fraction of sp³-hybridized carbons (Fsp3) is 0.250. The van der Waals surface area contributed by atoms with Gasteiger partial charge in [-0.15, -0.1) is 0 Å². The minimum atomic E-state index is -4.02.